The highest BCUT2D eigenvalue weighted by molar-refractivity contribution is 6.31. The number of rotatable bonds is 5. The monoisotopic (exact) mass is 447 g/mol. The number of hydrogen-bond acceptors (Lipinski definition) is 4. The Balaban J connectivity index is 1.90. The summed E-state index contributed by atoms with van der Waals surface area (Å²) in [7, 11) is 3.18. The van der Waals surface area contributed by atoms with Gasteiger partial charge >= 0.3 is 0 Å². The highest BCUT2D eigenvalue weighted by Crippen LogP contribution is 2.30. The molecule has 32 heavy (non-hydrogen) atoms. The molecule has 4 aromatic rings. The van der Waals surface area contributed by atoms with Crippen molar-refractivity contribution in [3.8, 4) is 11.5 Å². The van der Waals surface area contributed by atoms with Crippen LogP contribution in [0.15, 0.2) is 82.6 Å². The first-order valence-electron chi connectivity index (χ1n) is 9.99. The minimum Gasteiger partial charge on any atom is -0.506 e. The lowest BCUT2D eigenvalue weighted by molar-refractivity contribution is 0.414. The van der Waals surface area contributed by atoms with Crippen molar-refractivity contribution in [1.82, 2.24) is 4.57 Å². The summed E-state index contributed by atoms with van der Waals surface area (Å²) in [6.45, 7) is 0.302. The number of fused-ring (bicyclic) bond motifs is 1. The number of halogens is 1. The molecule has 0 fully saturated rings. The summed E-state index contributed by atoms with van der Waals surface area (Å²) in [6.07, 6.45) is 0. The number of pyridine rings is 1. The van der Waals surface area contributed by atoms with Crippen LogP contribution in [-0.2, 0) is 6.54 Å². The molecule has 0 aliphatic carbocycles. The Morgan fingerprint density at radius 2 is 1.81 bits per heavy atom. The number of benzene rings is 3. The van der Waals surface area contributed by atoms with Crippen molar-refractivity contribution in [1.29, 1.82) is 0 Å². The number of aliphatic imine (C=N–C) groups is 1. The lowest BCUT2D eigenvalue weighted by atomic mass is 10.1. The van der Waals surface area contributed by atoms with E-state index >= 15 is 0 Å². The SMILES string of the molecule is CN=C(Nc1ccccc1)c1c(O)c2cc(Cl)ccc2n(Cc2ccc(OC)cc2)c1=O. The molecule has 0 saturated carbocycles. The van der Waals surface area contributed by atoms with Crippen LogP contribution in [-0.4, -0.2) is 29.7 Å². The van der Waals surface area contributed by atoms with Crippen molar-refractivity contribution in [2.45, 2.75) is 6.54 Å². The summed E-state index contributed by atoms with van der Waals surface area (Å²) < 4.78 is 6.84. The van der Waals surface area contributed by atoms with Gasteiger partial charge in [0.15, 0.2) is 0 Å². The van der Waals surface area contributed by atoms with Crippen LogP contribution in [0, 0.1) is 0 Å². The number of nitrogens with one attached hydrogen (secondary N) is 1. The highest BCUT2D eigenvalue weighted by atomic mass is 35.5. The van der Waals surface area contributed by atoms with Gasteiger partial charge in [-0.1, -0.05) is 41.9 Å². The summed E-state index contributed by atoms with van der Waals surface area (Å²) in [5.74, 6) is 0.836. The predicted octanol–water partition coefficient (Wildman–Crippen LogP) is 4.91. The standard InChI is InChI=1S/C25H22ClN3O3/c1-27-24(28-18-6-4-3-5-7-18)22-23(30)20-14-17(26)10-13-21(20)29(25(22)31)15-16-8-11-19(32-2)12-9-16/h3-14,30H,15H2,1-2H3,(H,27,28). The Kier molecular flexibility index (Phi) is 6.14. The van der Waals surface area contributed by atoms with E-state index in [1.165, 1.54) is 0 Å². The molecule has 7 heteroatoms. The quantitative estimate of drug-likeness (QED) is 0.337. The summed E-state index contributed by atoms with van der Waals surface area (Å²) >= 11 is 6.21. The van der Waals surface area contributed by atoms with Gasteiger partial charge in [0.1, 0.15) is 22.9 Å². The van der Waals surface area contributed by atoms with Gasteiger partial charge in [-0.3, -0.25) is 9.79 Å². The first-order valence-corrected chi connectivity index (χ1v) is 10.4. The smallest absolute Gasteiger partial charge is 0.266 e. The first-order chi connectivity index (χ1) is 15.5. The third-order valence-electron chi connectivity index (χ3n) is 5.20. The number of ether oxygens (including phenoxy) is 1. The summed E-state index contributed by atoms with van der Waals surface area (Å²) in [6, 6.07) is 21.9. The second-order valence-corrected chi connectivity index (χ2v) is 7.62. The molecular weight excluding hydrogens is 426 g/mol. The zero-order valence-electron chi connectivity index (χ0n) is 17.7. The minimum absolute atomic E-state index is 0.0830. The van der Waals surface area contributed by atoms with Crippen LogP contribution in [0.1, 0.15) is 11.1 Å². The third-order valence-corrected chi connectivity index (χ3v) is 5.43. The van der Waals surface area contributed by atoms with Gasteiger partial charge in [-0.05, 0) is 48.0 Å². The molecule has 0 saturated heterocycles. The van der Waals surface area contributed by atoms with Crippen LogP contribution in [0.25, 0.3) is 10.9 Å². The minimum atomic E-state index is -0.364. The number of aromatic nitrogens is 1. The van der Waals surface area contributed by atoms with Crippen molar-refractivity contribution in [2.24, 2.45) is 4.99 Å². The van der Waals surface area contributed by atoms with Crippen LogP contribution in [0.5, 0.6) is 11.5 Å². The molecule has 0 bridgehead atoms. The number of nitrogens with zero attached hydrogens (tertiary/aromatic N) is 2. The number of aromatic hydroxyl groups is 1. The normalized spacial score (nSPS) is 11.5. The summed E-state index contributed by atoms with van der Waals surface area (Å²) in [5.41, 5.74) is 1.95. The highest BCUT2D eigenvalue weighted by Gasteiger charge is 2.21. The van der Waals surface area contributed by atoms with Gasteiger partial charge < -0.3 is 19.7 Å². The Hall–Kier alpha value is -3.77. The number of amidine groups is 1. The van der Waals surface area contributed by atoms with Crippen molar-refractivity contribution in [3.63, 3.8) is 0 Å². The first kappa shape index (κ1) is 21.5. The topological polar surface area (TPSA) is 75.8 Å². The van der Waals surface area contributed by atoms with Gasteiger partial charge in [-0.2, -0.15) is 0 Å². The van der Waals surface area contributed by atoms with Crippen LogP contribution in [0.4, 0.5) is 5.69 Å². The van der Waals surface area contributed by atoms with Crippen molar-refractivity contribution < 1.29 is 9.84 Å². The molecule has 4 rings (SSSR count). The number of para-hydroxylation sites is 1. The van der Waals surface area contributed by atoms with Gasteiger partial charge in [-0.25, -0.2) is 0 Å². The maximum absolute atomic E-state index is 13.6. The maximum Gasteiger partial charge on any atom is 0.266 e. The Labute approximate surface area is 190 Å². The molecule has 1 heterocycles. The average molecular weight is 448 g/mol. The summed E-state index contributed by atoms with van der Waals surface area (Å²) in [4.78, 5) is 17.9. The maximum atomic E-state index is 13.6. The predicted molar refractivity (Wildman–Crippen MR) is 130 cm³/mol. The zero-order chi connectivity index (χ0) is 22.7. The number of hydrogen-bond donors (Lipinski definition) is 2. The molecule has 0 spiro atoms. The fraction of sp³-hybridized carbons (Fsp3) is 0.120. The number of anilines is 1. The molecule has 3 aromatic carbocycles. The molecule has 0 radical (unpaired) electrons. The van der Waals surface area contributed by atoms with E-state index in [0.717, 1.165) is 17.0 Å². The van der Waals surface area contributed by atoms with Crippen LogP contribution in [0.3, 0.4) is 0 Å². The zero-order valence-corrected chi connectivity index (χ0v) is 18.4. The van der Waals surface area contributed by atoms with E-state index < -0.39 is 0 Å². The Morgan fingerprint density at radius 3 is 2.47 bits per heavy atom. The van der Waals surface area contributed by atoms with E-state index in [1.54, 1.807) is 36.9 Å². The van der Waals surface area contributed by atoms with Gasteiger partial charge in [0, 0.05) is 23.1 Å². The van der Waals surface area contributed by atoms with E-state index in [9.17, 15) is 9.90 Å². The fourth-order valence-electron chi connectivity index (χ4n) is 3.59. The van der Waals surface area contributed by atoms with Crippen LogP contribution >= 0.6 is 11.6 Å². The van der Waals surface area contributed by atoms with Gasteiger partial charge in [0.25, 0.3) is 5.56 Å². The van der Waals surface area contributed by atoms with Gasteiger partial charge in [0.2, 0.25) is 0 Å². The molecular formula is C25H22ClN3O3. The molecule has 0 atom stereocenters. The van der Waals surface area contributed by atoms with Crippen molar-refractivity contribution in [2.75, 3.05) is 19.5 Å². The van der Waals surface area contributed by atoms with Crippen LogP contribution in [0.2, 0.25) is 5.02 Å². The largest absolute Gasteiger partial charge is 0.506 e. The van der Waals surface area contributed by atoms with Crippen LogP contribution < -0.4 is 15.6 Å². The van der Waals surface area contributed by atoms with Crippen molar-refractivity contribution >= 4 is 34.0 Å². The average Bonchev–Trinajstić information content (AvgIpc) is 2.82. The lowest BCUT2D eigenvalue weighted by Gasteiger charge is -2.17. The van der Waals surface area contributed by atoms with E-state index in [2.05, 4.69) is 10.3 Å². The van der Waals surface area contributed by atoms with Crippen molar-refractivity contribution in [3.05, 3.63) is 99.3 Å². The number of methoxy groups -OCH3 is 1. The molecule has 2 N–H and O–H groups in total. The van der Waals surface area contributed by atoms with E-state index in [0.29, 0.717) is 22.5 Å². The Bertz CT molecular complexity index is 1350. The van der Waals surface area contributed by atoms with E-state index in [-0.39, 0.29) is 22.7 Å². The second-order valence-electron chi connectivity index (χ2n) is 7.19. The Morgan fingerprint density at radius 1 is 1.09 bits per heavy atom. The molecule has 0 aliphatic heterocycles. The third kappa shape index (κ3) is 4.18. The van der Waals surface area contributed by atoms with Gasteiger partial charge in [-0.15, -0.1) is 0 Å². The second kappa shape index (κ2) is 9.16. The van der Waals surface area contributed by atoms with E-state index in [1.807, 2.05) is 54.6 Å². The fourth-order valence-corrected chi connectivity index (χ4v) is 3.76. The summed E-state index contributed by atoms with van der Waals surface area (Å²) in [5, 5.41) is 15.1. The molecule has 1 aromatic heterocycles. The molecule has 0 amide bonds. The molecule has 0 unspecified atom stereocenters. The van der Waals surface area contributed by atoms with E-state index in [4.69, 9.17) is 16.3 Å². The molecule has 0 aliphatic rings. The van der Waals surface area contributed by atoms with Gasteiger partial charge in [0.05, 0.1) is 19.2 Å². The molecule has 162 valence electrons. The molecule has 6 nitrogen and oxygen atoms in total. The lowest BCUT2D eigenvalue weighted by Crippen LogP contribution is -2.30.